The van der Waals surface area contributed by atoms with Crippen molar-refractivity contribution in [1.29, 1.82) is 0 Å². The van der Waals surface area contributed by atoms with Gasteiger partial charge in [-0.05, 0) is 54.7 Å². The monoisotopic (exact) mass is 361 g/mol. The van der Waals surface area contributed by atoms with Crippen LogP contribution in [0.25, 0.3) is 6.08 Å². The number of hydrogen-bond donors (Lipinski definition) is 1. The summed E-state index contributed by atoms with van der Waals surface area (Å²) in [4.78, 5) is 19.2. The first-order chi connectivity index (χ1) is 13.3. The van der Waals surface area contributed by atoms with E-state index >= 15 is 0 Å². The molecule has 1 aliphatic carbocycles. The number of ether oxygens (including phenoxy) is 2. The molecule has 0 aromatic heterocycles. The fourth-order valence-electron chi connectivity index (χ4n) is 3.23. The van der Waals surface area contributed by atoms with Gasteiger partial charge in [-0.1, -0.05) is 24.3 Å². The molecule has 6 heteroatoms. The van der Waals surface area contributed by atoms with Crippen LogP contribution in [0.3, 0.4) is 0 Å². The van der Waals surface area contributed by atoms with Crippen LogP contribution in [0.4, 0.5) is 5.69 Å². The van der Waals surface area contributed by atoms with Gasteiger partial charge >= 0.3 is 0 Å². The van der Waals surface area contributed by atoms with E-state index in [2.05, 4.69) is 15.2 Å². The Morgan fingerprint density at radius 1 is 1.11 bits per heavy atom. The molecule has 0 radical (unpaired) electrons. The number of carbonyl (C=O) groups excluding carboxylic acids is 1. The van der Waals surface area contributed by atoms with Gasteiger partial charge in [-0.25, -0.2) is 4.99 Å². The van der Waals surface area contributed by atoms with Crippen molar-refractivity contribution >= 4 is 23.6 Å². The second-order valence-corrected chi connectivity index (χ2v) is 6.92. The van der Waals surface area contributed by atoms with Gasteiger partial charge in [0.25, 0.3) is 5.91 Å². The largest absolute Gasteiger partial charge is 0.454 e. The van der Waals surface area contributed by atoms with E-state index in [0.29, 0.717) is 23.3 Å². The number of nitrogens with one attached hydrogen (secondary N) is 1. The maximum atomic E-state index is 12.5. The zero-order valence-corrected chi connectivity index (χ0v) is 14.7. The molecule has 1 fully saturated rings. The maximum Gasteiger partial charge on any atom is 0.276 e. The number of guanidine groups is 1. The van der Waals surface area contributed by atoms with Crippen LogP contribution in [0.15, 0.2) is 59.2 Å². The summed E-state index contributed by atoms with van der Waals surface area (Å²) < 4.78 is 10.7. The summed E-state index contributed by atoms with van der Waals surface area (Å²) in [6.45, 7) is 1.09. The van der Waals surface area contributed by atoms with E-state index in [9.17, 15) is 4.79 Å². The van der Waals surface area contributed by atoms with Crippen molar-refractivity contribution in [2.75, 3.05) is 18.2 Å². The highest BCUT2D eigenvalue weighted by Crippen LogP contribution is 2.34. The highest BCUT2D eigenvalue weighted by atomic mass is 16.7. The Bertz CT molecular complexity index is 948. The van der Waals surface area contributed by atoms with Crippen LogP contribution in [-0.4, -0.2) is 25.2 Å². The number of benzene rings is 2. The van der Waals surface area contributed by atoms with Gasteiger partial charge in [0.05, 0.1) is 0 Å². The molecule has 27 heavy (non-hydrogen) atoms. The van der Waals surface area contributed by atoms with Crippen molar-refractivity contribution in [3.05, 3.63) is 59.8 Å². The Morgan fingerprint density at radius 3 is 2.74 bits per heavy atom. The summed E-state index contributed by atoms with van der Waals surface area (Å²) in [6, 6.07) is 15.6. The molecule has 136 valence electrons. The lowest BCUT2D eigenvalue weighted by Gasteiger charge is -2.23. The minimum absolute atomic E-state index is 0.195. The van der Waals surface area contributed by atoms with Crippen molar-refractivity contribution in [3.8, 4) is 11.5 Å². The molecule has 5 rings (SSSR count). The van der Waals surface area contributed by atoms with Gasteiger partial charge in [0, 0.05) is 12.2 Å². The summed E-state index contributed by atoms with van der Waals surface area (Å²) in [6.07, 6.45) is 4.22. The SMILES string of the molecule is O=C1NC(N(CC2CC2)c2ccccc2)=N/C1=C\c1ccc2c(c1)OCO2. The summed E-state index contributed by atoms with van der Waals surface area (Å²) >= 11 is 0. The quantitative estimate of drug-likeness (QED) is 0.850. The number of para-hydroxylation sites is 1. The number of rotatable bonds is 4. The fourth-order valence-corrected chi connectivity index (χ4v) is 3.23. The molecule has 0 saturated heterocycles. The average Bonchev–Trinajstić information content (AvgIpc) is 3.27. The Morgan fingerprint density at radius 2 is 1.93 bits per heavy atom. The summed E-state index contributed by atoms with van der Waals surface area (Å²) in [5.74, 6) is 2.46. The molecule has 1 amide bonds. The number of fused-ring (bicyclic) bond motifs is 1. The number of aliphatic imine (C=N–C) groups is 1. The standard InChI is InChI=1S/C21H19N3O3/c25-20-17(10-15-8-9-18-19(11-15)27-13-26-18)22-21(23-20)24(12-14-6-7-14)16-4-2-1-3-5-16/h1-5,8-11,14H,6-7,12-13H2,(H,22,23,25)/b17-10-. The molecular formula is C21H19N3O3. The average molecular weight is 361 g/mol. The zero-order chi connectivity index (χ0) is 18.2. The number of hydrogen-bond acceptors (Lipinski definition) is 5. The summed E-state index contributed by atoms with van der Waals surface area (Å²) in [5, 5.41) is 2.92. The molecule has 2 aromatic carbocycles. The van der Waals surface area contributed by atoms with Crippen molar-refractivity contribution < 1.29 is 14.3 Å². The van der Waals surface area contributed by atoms with E-state index in [1.54, 1.807) is 6.08 Å². The van der Waals surface area contributed by atoms with Gasteiger partial charge in [0.1, 0.15) is 5.70 Å². The number of amides is 1. The van der Waals surface area contributed by atoms with Gasteiger partial charge < -0.3 is 14.4 Å². The minimum atomic E-state index is -0.195. The van der Waals surface area contributed by atoms with Crippen LogP contribution in [-0.2, 0) is 4.79 Å². The highest BCUT2D eigenvalue weighted by molar-refractivity contribution is 6.18. The van der Waals surface area contributed by atoms with E-state index in [-0.39, 0.29) is 12.7 Å². The van der Waals surface area contributed by atoms with Crippen LogP contribution in [0, 0.1) is 5.92 Å². The molecule has 2 aromatic rings. The van der Waals surface area contributed by atoms with Gasteiger partial charge in [-0.2, -0.15) is 0 Å². The van der Waals surface area contributed by atoms with Crippen molar-refractivity contribution in [1.82, 2.24) is 5.32 Å². The van der Waals surface area contributed by atoms with Crippen LogP contribution < -0.4 is 19.7 Å². The fraction of sp³-hybridized carbons (Fsp3) is 0.238. The summed E-state index contributed by atoms with van der Waals surface area (Å²) in [5.41, 5.74) is 2.27. The van der Waals surface area contributed by atoms with E-state index in [1.807, 2.05) is 48.5 Å². The van der Waals surface area contributed by atoms with Crippen LogP contribution in [0.1, 0.15) is 18.4 Å². The maximum absolute atomic E-state index is 12.5. The molecule has 1 saturated carbocycles. The third kappa shape index (κ3) is 3.26. The number of nitrogens with zero attached hydrogens (tertiary/aromatic N) is 2. The van der Waals surface area contributed by atoms with Crippen molar-refractivity contribution in [3.63, 3.8) is 0 Å². The second-order valence-electron chi connectivity index (χ2n) is 6.92. The first kappa shape index (κ1) is 15.9. The Kier molecular flexibility index (Phi) is 3.81. The third-order valence-electron chi connectivity index (χ3n) is 4.85. The minimum Gasteiger partial charge on any atom is -0.454 e. The second kappa shape index (κ2) is 6.46. The van der Waals surface area contributed by atoms with Crippen molar-refractivity contribution in [2.45, 2.75) is 12.8 Å². The number of anilines is 1. The third-order valence-corrected chi connectivity index (χ3v) is 4.85. The number of carbonyl (C=O) groups is 1. The molecular weight excluding hydrogens is 342 g/mol. The topological polar surface area (TPSA) is 63.2 Å². The first-order valence-corrected chi connectivity index (χ1v) is 9.10. The molecule has 0 bridgehead atoms. The zero-order valence-electron chi connectivity index (χ0n) is 14.7. The van der Waals surface area contributed by atoms with Gasteiger partial charge in [-0.3, -0.25) is 10.1 Å². The van der Waals surface area contributed by atoms with Gasteiger partial charge in [0.15, 0.2) is 11.5 Å². The molecule has 0 atom stereocenters. The summed E-state index contributed by atoms with van der Waals surface area (Å²) in [7, 11) is 0. The molecule has 0 unspecified atom stereocenters. The molecule has 1 N–H and O–H groups in total. The smallest absolute Gasteiger partial charge is 0.276 e. The normalized spacial score (nSPS) is 19.2. The van der Waals surface area contributed by atoms with Crippen molar-refractivity contribution in [2.24, 2.45) is 10.9 Å². The highest BCUT2D eigenvalue weighted by Gasteiger charge is 2.30. The molecule has 3 aliphatic rings. The lowest BCUT2D eigenvalue weighted by molar-refractivity contribution is -0.115. The van der Waals surface area contributed by atoms with Gasteiger partial charge in [-0.15, -0.1) is 0 Å². The molecule has 6 nitrogen and oxygen atoms in total. The van der Waals surface area contributed by atoms with Crippen LogP contribution in [0.2, 0.25) is 0 Å². The van der Waals surface area contributed by atoms with E-state index in [0.717, 1.165) is 23.5 Å². The Balaban J connectivity index is 1.45. The van der Waals surface area contributed by atoms with E-state index in [4.69, 9.17) is 9.47 Å². The predicted octanol–water partition coefficient (Wildman–Crippen LogP) is 3.16. The molecule has 0 spiro atoms. The van der Waals surface area contributed by atoms with E-state index in [1.165, 1.54) is 12.8 Å². The molecule has 2 aliphatic heterocycles. The molecule has 2 heterocycles. The Hall–Kier alpha value is -3.28. The lowest BCUT2D eigenvalue weighted by atomic mass is 10.1. The van der Waals surface area contributed by atoms with Crippen LogP contribution >= 0.6 is 0 Å². The van der Waals surface area contributed by atoms with Gasteiger partial charge in [0.2, 0.25) is 12.8 Å². The van der Waals surface area contributed by atoms with E-state index < -0.39 is 0 Å². The lowest BCUT2D eigenvalue weighted by Crippen LogP contribution is -2.41. The predicted molar refractivity (Wildman–Crippen MR) is 103 cm³/mol. The first-order valence-electron chi connectivity index (χ1n) is 9.10. The Labute approximate surface area is 157 Å². The van der Waals surface area contributed by atoms with Crippen LogP contribution in [0.5, 0.6) is 11.5 Å².